The van der Waals surface area contributed by atoms with Gasteiger partial charge in [-0.15, -0.1) is 0 Å². The molecule has 0 aliphatic heterocycles. The van der Waals surface area contributed by atoms with Crippen LogP contribution in [0.2, 0.25) is 0 Å². The third kappa shape index (κ3) is 5.10. The average molecular weight is 376 g/mol. The molecule has 0 aliphatic rings. The number of anilines is 1. The van der Waals surface area contributed by atoms with Gasteiger partial charge in [0.25, 0.3) is 5.91 Å². The van der Waals surface area contributed by atoms with E-state index in [1.807, 2.05) is 54.6 Å². The molecule has 3 aromatic rings. The second kappa shape index (κ2) is 9.55. The normalized spacial score (nSPS) is 11.6. The van der Waals surface area contributed by atoms with Crippen molar-refractivity contribution in [3.05, 3.63) is 89.9 Å². The van der Waals surface area contributed by atoms with Gasteiger partial charge in [-0.05, 0) is 41.8 Å². The first-order valence-corrected chi connectivity index (χ1v) is 9.44. The average Bonchev–Trinajstić information content (AvgIpc) is 3.27. The molecular weight excluding hydrogens is 352 g/mol. The van der Waals surface area contributed by atoms with Crippen LogP contribution in [0.15, 0.2) is 77.4 Å². The molecule has 5 nitrogen and oxygen atoms in total. The molecule has 144 valence electrons. The van der Waals surface area contributed by atoms with Crippen molar-refractivity contribution >= 4 is 17.5 Å². The Bertz CT molecular complexity index is 887. The van der Waals surface area contributed by atoms with E-state index < -0.39 is 0 Å². The highest BCUT2D eigenvalue weighted by atomic mass is 16.3. The molecular formula is C23H24N2O3. The van der Waals surface area contributed by atoms with Crippen molar-refractivity contribution in [2.75, 3.05) is 5.32 Å². The standard InChI is InChI=1S/C23H24N2O3/c1-2-7-20(18-8-4-3-5-9-18)22(26)24-16-17-11-13-19(14-12-17)25-23(27)21-10-6-15-28-21/h3-6,8-15,20H,2,7,16H2,1H3,(H,24,26)(H,25,27). The summed E-state index contributed by atoms with van der Waals surface area (Å²) in [4.78, 5) is 24.7. The summed E-state index contributed by atoms with van der Waals surface area (Å²) < 4.78 is 5.08. The fraction of sp³-hybridized carbons (Fsp3) is 0.217. The molecule has 0 fully saturated rings. The van der Waals surface area contributed by atoms with Gasteiger partial charge in [0.15, 0.2) is 5.76 Å². The minimum absolute atomic E-state index is 0.0308. The highest BCUT2D eigenvalue weighted by molar-refractivity contribution is 6.02. The van der Waals surface area contributed by atoms with E-state index >= 15 is 0 Å². The molecule has 0 radical (unpaired) electrons. The van der Waals surface area contributed by atoms with Crippen molar-refractivity contribution in [3.8, 4) is 0 Å². The maximum absolute atomic E-state index is 12.7. The first-order chi connectivity index (χ1) is 13.7. The Hall–Kier alpha value is -3.34. The summed E-state index contributed by atoms with van der Waals surface area (Å²) >= 11 is 0. The van der Waals surface area contributed by atoms with Crippen molar-refractivity contribution in [3.63, 3.8) is 0 Å². The smallest absolute Gasteiger partial charge is 0.291 e. The molecule has 0 aliphatic carbocycles. The molecule has 0 saturated carbocycles. The van der Waals surface area contributed by atoms with Gasteiger partial charge in [0.2, 0.25) is 5.91 Å². The fourth-order valence-electron chi connectivity index (χ4n) is 3.04. The van der Waals surface area contributed by atoms with Crippen molar-refractivity contribution in [1.29, 1.82) is 0 Å². The van der Waals surface area contributed by atoms with E-state index in [0.29, 0.717) is 12.2 Å². The first-order valence-electron chi connectivity index (χ1n) is 9.44. The van der Waals surface area contributed by atoms with Crippen LogP contribution in [-0.4, -0.2) is 11.8 Å². The predicted molar refractivity (Wildman–Crippen MR) is 109 cm³/mol. The van der Waals surface area contributed by atoms with Gasteiger partial charge in [0.05, 0.1) is 12.2 Å². The molecule has 5 heteroatoms. The van der Waals surface area contributed by atoms with Crippen LogP contribution in [0.25, 0.3) is 0 Å². The largest absolute Gasteiger partial charge is 0.459 e. The maximum Gasteiger partial charge on any atom is 0.291 e. The SMILES string of the molecule is CCCC(C(=O)NCc1ccc(NC(=O)c2ccco2)cc1)c1ccccc1. The summed E-state index contributed by atoms with van der Waals surface area (Å²) in [6.07, 6.45) is 3.21. The number of carbonyl (C=O) groups excluding carboxylic acids is 2. The zero-order valence-electron chi connectivity index (χ0n) is 15.9. The van der Waals surface area contributed by atoms with E-state index in [4.69, 9.17) is 4.42 Å². The molecule has 1 atom stereocenters. The van der Waals surface area contributed by atoms with Crippen LogP contribution in [0.3, 0.4) is 0 Å². The number of furan rings is 1. The van der Waals surface area contributed by atoms with Crippen LogP contribution in [0, 0.1) is 0 Å². The Morgan fingerprint density at radius 1 is 0.964 bits per heavy atom. The lowest BCUT2D eigenvalue weighted by molar-refractivity contribution is -0.122. The molecule has 0 spiro atoms. The van der Waals surface area contributed by atoms with E-state index in [9.17, 15) is 9.59 Å². The Labute approximate surface area is 164 Å². The second-order valence-corrected chi connectivity index (χ2v) is 6.60. The van der Waals surface area contributed by atoms with Crippen LogP contribution in [0.4, 0.5) is 5.69 Å². The third-order valence-corrected chi connectivity index (χ3v) is 4.52. The summed E-state index contributed by atoms with van der Waals surface area (Å²) in [5.41, 5.74) is 2.68. The monoisotopic (exact) mass is 376 g/mol. The zero-order chi connectivity index (χ0) is 19.8. The van der Waals surface area contributed by atoms with Gasteiger partial charge < -0.3 is 15.1 Å². The molecule has 1 heterocycles. The lowest BCUT2D eigenvalue weighted by atomic mass is 9.93. The van der Waals surface area contributed by atoms with Crippen molar-refractivity contribution in [2.45, 2.75) is 32.2 Å². The summed E-state index contributed by atoms with van der Waals surface area (Å²) in [5.74, 6) is -0.142. The fourth-order valence-corrected chi connectivity index (χ4v) is 3.04. The highest BCUT2D eigenvalue weighted by Crippen LogP contribution is 2.21. The molecule has 2 N–H and O–H groups in total. The van der Waals surface area contributed by atoms with Gasteiger partial charge in [0, 0.05) is 12.2 Å². The van der Waals surface area contributed by atoms with E-state index in [0.717, 1.165) is 24.0 Å². The summed E-state index contributed by atoms with van der Waals surface area (Å²) in [5, 5.41) is 5.80. The quantitative estimate of drug-likeness (QED) is 0.597. The van der Waals surface area contributed by atoms with Gasteiger partial charge in [-0.1, -0.05) is 55.8 Å². The van der Waals surface area contributed by atoms with Crippen molar-refractivity contribution in [1.82, 2.24) is 5.32 Å². The third-order valence-electron chi connectivity index (χ3n) is 4.52. The summed E-state index contributed by atoms with van der Waals surface area (Å²) in [6.45, 7) is 2.53. The van der Waals surface area contributed by atoms with Crippen LogP contribution in [0.5, 0.6) is 0 Å². The molecule has 1 unspecified atom stereocenters. The first kappa shape index (κ1) is 19.4. The van der Waals surface area contributed by atoms with E-state index in [2.05, 4.69) is 17.6 Å². The number of hydrogen-bond acceptors (Lipinski definition) is 3. The topological polar surface area (TPSA) is 71.3 Å². The van der Waals surface area contributed by atoms with E-state index in [1.54, 1.807) is 12.1 Å². The Balaban J connectivity index is 1.56. The van der Waals surface area contributed by atoms with Crippen LogP contribution >= 0.6 is 0 Å². The number of benzene rings is 2. The number of carbonyl (C=O) groups is 2. The Morgan fingerprint density at radius 3 is 2.36 bits per heavy atom. The van der Waals surface area contributed by atoms with E-state index in [-0.39, 0.29) is 23.5 Å². The van der Waals surface area contributed by atoms with E-state index in [1.165, 1.54) is 6.26 Å². The van der Waals surface area contributed by atoms with Crippen LogP contribution < -0.4 is 10.6 Å². The maximum atomic E-state index is 12.7. The van der Waals surface area contributed by atoms with Crippen LogP contribution in [-0.2, 0) is 11.3 Å². The lowest BCUT2D eigenvalue weighted by Gasteiger charge is -2.16. The Morgan fingerprint density at radius 2 is 1.71 bits per heavy atom. The van der Waals surface area contributed by atoms with Gasteiger partial charge >= 0.3 is 0 Å². The number of hydrogen-bond donors (Lipinski definition) is 2. The second-order valence-electron chi connectivity index (χ2n) is 6.60. The van der Waals surface area contributed by atoms with Gasteiger partial charge in [-0.25, -0.2) is 0 Å². The summed E-state index contributed by atoms with van der Waals surface area (Å²) in [6, 6.07) is 20.5. The molecule has 2 amide bonds. The molecule has 0 bridgehead atoms. The van der Waals surface area contributed by atoms with Crippen LogP contribution in [0.1, 0.15) is 47.4 Å². The lowest BCUT2D eigenvalue weighted by Crippen LogP contribution is -2.29. The highest BCUT2D eigenvalue weighted by Gasteiger charge is 2.19. The van der Waals surface area contributed by atoms with Gasteiger partial charge in [0.1, 0.15) is 0 Å². The summed E-state index contributed by atoms with van der Waals surface area (Å²) in [7, 11) is 0. The van der Waals surface area contributed by atoms with Gasteiger partial charge in [-0.2, -0.15) is 0 Å². The molecule has 3 rings (SSSR count). The molecule has 0 saturated heterocycles. The molecule has 1 aromatic heterocycles. The van der Waals surface area contributed by atoms with Crippen molar-refractivity contribution < 1.29 is 14.0 Å². The zero-order valence-corrected chi connectivity index (χ0v) is 15.9. The van der Waals surface area contributed by atoms with Crippen molar-refractivity contribution in [2.24, 2.45) is 0 Å². The van der Waals surface area contributed by atoms with Gasteiger partial charge in [-0.3, -0.25) is 9.59 Å². The number of amides is 2. The molecule has 28 heavy (non-hydrogen) atoms. The number of rotatable bonds is 8. The molecule has 2 aromatic carbocycles. The Kier molecular flexibility index (Phi) is 6.63. The predicted octanol–water partition coefficient (Wildman–Crippen LogP) is 4.73. The minimum atomic E-state index is -0.295. The number of nitrogens with one attached hydrogen (secondary N) is 2. The minimum Gasteiger partial charge on any atom is -0.459 e.